The van der Waals surface area contributed by atoms with Crippen molar-refractivity contribution in [2.24, 2.45) is 0 Å². The number of fused-ring (bicyclic) bond motifs is 1. The van der Waals surface area contributed by atoms with Crippen LogP contribution in [0.3, 0.4) is 0 Å². The van der Waals surface area contributed by atoms with E-state index in [1.807, 2.05) is 48.5 Å². The summed E-state index contributed by atoms with van der Waals surface area (Å²) in [4.78, 5) is 31.4. The number of hydrogen-bond acceptors (Lipinski definition) is 5. The van der Waals surface area contributed by atoms with Crippen LogP contribution < -0.4 is 4.74 Å². The number of aromatic amines is 1. The van der Waals surface area contributed by atoms with Gasteiger partial charge in [-0.1, -0.05) is 66.2 Å². The number of halogens is 1. The lowest BCUT2D eigenvalue weighted by Crippen LogP contribution is -2.12. The van der Waals surface area contributed by atoms with Crippen LogP contribution in [0.4, 0.5) is 0 Å². The van der Waals surface area contributed by atoms with Crippen molar-refractivity contribution in [3.05, 3.63) is 101 Å². The molecule has 37 heavy (non-hydrogen) atoms. The van der Waals surface area contributed by atoms with Crippen molar-refractivity contribution in [2.75, 3.05) is 7.11 Å². The predicted octanol–water partition coefficient (Wildman–Crippen LogP) is 7.14. The molecule has 0 aliphatic rings. The number of carbonyl (C=O) groups excluding carboxylic acids is 1. The number of carboxylic acids is 1. The van der Waals surface area contributed by atoms with Gasteiger partial charge >= 0.3 is 11.9 Å². The number of H-pyrrole nitrogens is 1. The average molecular weight is 513 g/mol. The Bertz CT molecular complexity index is 1640. The Morgan fingerprint density at radius 2 is 1.59 bits per heavy atom. The van der Waals surface area contributed by atoms with Crippen molar-refractivity contribution in [1.82, 2.24) is 9.97 Å². The predicted molar refractivity (Wildman–Crippen MR) is 142 cm³/mol. The first-order chi connectivity index (χ1) is 17.8. The summed E-state index contributed by atoms with van der Waals surface area (Å²) in [6.07, 6.45) is 0. The van der Waals surface area contributed by atoms with Crippen LogP contribution in [-0.4, -0.2) is 34.1 Å². The Kier molecular flexibility index (Phi) is 6.38. The Morgan fingerprint density at radius 1 is 0.919 bits per heavy atom. The van der Waals surface area contributed by atoms with Crippen LogP contribution in [0.2, 0.25) is 5.02 Å². The fourth-order valence-electron chi connectivity index (χ4n) is 4.22. The van der Waals surface area contributed by atoms with Crippen LogP contribution in [-0.2, 0) is 4.74 Å². The molecule has 0 aliphatic heterocycles. The second kappa shape index (κ2) is 9.79. The topological polar surface area (TPSA) is 102 Å². The van der Waals surface area contributed by atoms with Crippen molar-refractivity contribution in [2.45, 2.75) is 6.92 Å². The number of ether oxygens (including phenoxy) is 2. The number of rotatable bonds is 6. The molecule has 5 rings (SSSR count). The van der Waals surface area contributed by atoms with Gasteiger partial charge in [-0.3, -0.25) is 0 Å². The molecule has 0 spiro atoms. The quantitative estimate of drug-likeness (QED) is 0.234. The van der Waals surface area contributed by atoms with E-state index in [1.54, 1.807) is 19.1 Å². The molecule has 2 N–H and O–H groups in total. The second-order valence-corrected chi connectivity index (χ2v) is 8.80. The number of hydrogen-bond donors (Lipinski definition) is 2. The second-order valence-electron chi connectivity index (χ2n) is 8.40. The molecule has 0 unspecified atom stereocenters. The highest BCUT2D eigenvalue weighted by atomic mass is 35.5. The summed E-state index contributed by atoms with van der Waals surface area (Å²) in [5.74, 6) is -1.79. The van der Waals surface area contributed by atoms with Gasteiger partial charge in [-0.05, 0) is 53.4 Å². The number of esters is 1. The molecular weight excluding hydrogens is 492 g/mol. The number of nitrogens with zero attached hydrogens (tertiary/aromatic N) is 1. The Balaban J connectivity index is 1.46. The van der Waals surface area contributed by atoms with Crippen LogP contribution in [0, 0.1) is 6.92 Å². The average Bonchev–Trinajstić information content (AvgIpc) is 3.28. The minimum Gasteiger partial charge on any atom is -0.478 e. The smallest absolute Gasteiger partial charge is 0.339 e. The number of aromatic carboxylic acids is 1. The highest BCUT2D eigenvalue weighted by Gasteiger charge is 2.22. The van der Waals surface area contributed by atoms with Crippen molar-refractivity contribution in [1.29, 1.82) is 0 Å². The third kappa shape index (κ3) is 4.77. The van der Waals surface area contributed by atoms with Crippen molar-refractivity contribution < 1.29 is 24.2 Å². The molecule has 7 nitrogen and oxygen atoms in total. The minimum absolute atomic E-state index is 0.0262. The maximum Gasteiger partial charge on any atom is 0.339 e. The molecule has 0 saturated heterocycles. The zero-order chi connectivity index (χ0) is 26.1. The van der Waals surface area contributed by atoms with E-state index in [9.17, 15) is 14.7 Å². The number of carboxylic acid groups (broad SMARTS) is 1. The first kappa shape index (κ1) is 24.1. The van der Waals surface area contributed by atoms with Gasteiger partial charge in [0.25, 0.3) is 6.01 Å². The summed E-state index contributed by atoms with van der Waals surface area (Å²) >= 11 is 6.60. The van der Waals surface area contributed by atoms with Crippen LogP contribution >= 0.6 is 11.6 Å². The molecule has 0 fully saturated rings. The lowest BCUT2D eigenvalue weighted by atomic mass is 10.00. The molecule has 0 saturated carbocycles. The van der Waals surface area contributed by atoms with E-state index in [0.717, 1.165) is 22.3 Å². The van der Waals surface area contributed by atoms with E-state index in [2.05, 4.69) is 22.1 Å². The van der Waals surface area contributed by atoms with E-state index in [1.165, 1.54) is 13.2 Å². The van der Waals surface area contributed by atoms with Crippen molar-refractivity contribution in [3.8, 4) is 34.0 Å². The molecular formula is C29H21ClN2O5. The van der Waals surface area contributed by atoms with Gasteiger partial charge < -0.3 is 19.6 Å². The zero-order valence-electron chi connectivity index (χ0n) is 19.9. The number of carbonyl (C=O) groups is 2. The first-order valence-corrected chi connectivity index (χ1v) is 11.7. The summed E-state index contributed by atoms with van der Waals surface area (Å²) in [6.45, 7) is 1.61. The van der Waals surface area contributed by atoms with E-state index in [4.69, 9.17) is 21.1 Å². The van der Waals surface area contributed by atoms with E-state index >= 15 is 0 Å². The SMILES string of the molecule is COC(=O)c1c(C)cc(Oc2nc3cc(-c4ccc(-c5ccccc5)cc4)c(Cl)cc3[nH]2)cc1C(=O)O. The summed E-state index contributed by atoms with van der Waals surface area (Å²) in [5, 5.41) is 10.1. The fourth-order valence-corrected chi connectivity index (χ4v) is 4.49. The van der Waals surface area contributed by atoms with Gasteiger partial charge in [0.05, 0.1) is 34.3 Å². The number of aromatic nitrogens is 2. The van der Waals surface area contributed by atoms with Crippen LogP contribution in [0.1, 0.15) is 26.3 Å². The number of aryl methyl sites for hydroxylation is 1. The zero-order valence-corrected chi connectivity index (χ0v) is 20.7. The Hall–Kier alpha value is -4.62. The summed E-state index contributed by atoms with van der Waals surface area (Å²) in [5.41, 5.74) is 5.44. The van der Waals surface area contributed by atoms with Crippen molar-refractivity contribution in [3.63, 3.8) is 0 Å². The lowest BCUT2D eigenvalue weighted by Gasteiger charge is -2.10. The molecule has 0 bridgehead atoms. The molecule has 0 aliphatic carbocycles. The van der Waals surface area contributed by atoms with Gasteiger partial charge in [-0.15, -0.1) is 0 Å². The highest BCUT2D eigenvalue weighted by Crippen LogP contribution is 2.34. The number of benzene rings is 4. The van der Waals surface area contributed by atoms with E-state index in [0.29, 0.717) is 21.6 Å². The summed E-state index contributed by atoms with van der Waals surface area (Å²) in [7, 11) is 1.20. The van der Waals surface area contributed by atoms with Crippen LogP contribution in [0.15, 0.2) is 78.9 Å². The molecule has 0 amide bonds. The number of methoxy groups -OCH3 is 1. The third-order valence-corrected chi connectivity index (χ3v) is 6.31. The third-order valence-electron chi connectivity index (χ3n) is 6.00. The maximum absolute atomic E-state index is 12.1. The van der Waals surface area contributed by atoms with E-state index < -0.39 is 11.9 Å². The van der Waals surface area contributed by atoms with Gasteiger partial charge in [0, 0.05) is 5.56 Å². The number of nitrogens with one attached hydrogen (secondary N) is 1. The van der Waals surface area contributed by atoms with E-state index in [-0.39, 0.29) is 22.9 Å². The highest BCUT2D eigenvalue weighted by molar-refractivity contribution is 6.34. The minimum atomic E-state index is -1.27. The molecule has 184 valence electrons. The summed E-state index contributed by atoms with van der Waals surface area (Å²) in [6, 6.07) is 24.8. The van der Waals surface area contributed by atoms with Gasteiger partial charge in [-0.2, -0.15) is 4.98 Å². The molecule has 8 heteroatoms. The maximum atomic E-state index is 12.1. The first-order valence-electron chi connectivity index (χ1n) is 11.3. The normalized spacial score (nSPS) is 10.9. The Labute approximate surface area is 217 Å². The van der Waals surface area contributed by atoms with Gasteiger partial charge in [-0.25, -0.2) is 9.59 Å². The molecule has 0 atom stereocenters. The van der Waals surface area contributed by atoms with Gasteiger partial charge in [0.2, 0.25) is 0 Å². The Morgan fingerprint density at radius 3 is 2.27 bits per heavy atom. The van der Waals surface area contributed by atoms with Gasteiger partial charge in [0.15, 0.2) is 0 Å². The molecule has 0 radical (unpaired) electrons. The molecule has 4 aromatic carbocycles. The summed E-state index contributed by atoms with van der Waals surface area (Å²) < 4.78 is 10.5. The van der Waals surface area contributed by atoms with Gasteiger partial charge in [0.1, 0.15) is 5.75 Å². The van der Waals surface area contributed by atoms with Crippen LogP contribution in [0.5, 0.6) is 11.8 Å². The molecule has 1 heterocycles. The standard InChI is InChI=1S/C29H21ClN2O5/c1-16-12-20(13-22(27(33)34)26(16)28(35)36-2)37-29-31-24-14-21(23(30)15-25(24)32-29)19-10-8-18(9-11-19)17-6-4-3-5-7-17/h3-15H,1-2H3,(H,31,32)(H,33,34). The van der Waals surface area contributed by atoms with Crippen molar-refractivity contribution >= 4 is 34.6 Å². The monoisotopic (exact) mass is 512 g/mol. The molecule has 5 aromatic rings. The van der Waals surface area contributed by atoms with Crippen LogP contribution in [0.25, 0.3) is 33.3 Å². The number of imidazole rings is 1. The fraction of sp³-hybridized carbons (Fsp3) is 0.0690. The lowest BCUT2D eigenvalue weighted by molar-refractivity contribution is 0.0581. The largest absolute Gasteiger partial charge is 0.478 e. The molecule has 1 aromatic heterocycles.